The van der Waals surface area contributed by atoms with E-state index in [1.165, 1.54) is 0 Å². The van der Waals surface area contributed by atoms with Gasteiger partial charge < -0.3 is 9.84 Å². The zero-order chi connectivity index (χ0) is 20.4. The van der Waals surface area contributed by atoms with Gasteiger partial charge in [-0.25, -0.2) is 4.79 Å². The number of carbonyl (C=O) groups is 1. The summed E-state index contributed by atoms with van der Waals surface area (Å²) in [6, 6.07) is 0. The van der Waals surface area contributed by atoms with Gasteiger partial charge >= 0.3 is 21.3 Å². The van der Waals surface area contributed by atoms with E-state index in [0.717, 1.165) is 64.2 Å². The summed E-state index contributed by atoms with van der Waals surface area (Å²) in [7, 11) is -5.85. The monoisotopic (exact) mass is 422 g/mol. The van der Waals surface area contributed by atoms with Crippen molar-refractivity contribution in [2.24, 2.45) is 28.6 Å². The molecule has 0 aliphatic heterocycles. The highest BCUT2D eigenvalue weighted by Gasteiger charge is 2.61. The molecule has 160 valence electrons. The number of hydrogen-bond donors (Lipinski definition) is 2. The lowest BCUT2D eigenvalue weighted by atomic mass is 9.41. The van der Waals surface area contributed by atoms with Crippen LogP contribution in [-0.4, -0.2) is 42.0 Å². The van der Waals surface area contributed by atoms with Crippen LogP contribution in [-0.2, 0) is 19.6 Å². The second kappa shape index (κ2) is 6.60. The van der Waals surface area contributed by atoms with Crippen LogP contribution < -0.4 is 0 Å². The van der Waals surface area contributed by atoms with Gasteiger partial charge in [-0.15, -0.1) is 0 Å². The number of rotatable bonds is 5. The smallest absolute Gasteiger partial charge is 0.460 e. The fourth-order valence-corrected chi connectivity index (χ4v) is 7.54. The molecule has 0 aromatic heterocycles. The van der Waals surface area contributed by atoms with Gasteiger partial charge in [0.1, 0.15) is 0 Å². The lowest BCUT2D eigenvalue weighted by Crippen LogP contribution is -2.57. The average Bonchev–Trinajstić information content (AvgIpc) is 2.58. The number of halogens is 2. The molecule has 2 N–H and O–H groups in total. The predicted octanol–water partition coefficient (Wildman–Crippen LogP) is 3.15. The largest absolute Gasteiger partial charge is 0.465 e. The second-order valence-electron chi connectivity index (χ2n) is 9.90. The number of hydrogen-bond acceptors (Lipinski definition) is 5. The van der Waals surface area contributed by atoms with Crippen LogP contribution in [0.1, 0.15) is 64.2 Å². The number of ether oxygens (including phenoxy) is 1. The van der Waals surface area contributed by atoms with Crippen molar-refractivity contribution in [1.82, 2.24) is 0 Å². The van der Waals surface area contributed by atoms with Gasteiger partial charge in [0.25, 0.3) is 0 Å². The molecule has 0 heterocycles. The molecule has 5 fully saturated rings. The van der Waals surface area contributed by atoms with E-state index in [9.17, 15) is 27.1 Å². The summed E-state index contributed by atoms with van der Waals surface area (Å²) in [5.41, 5.74) is -0.271. The van der Waals surface area contributed by atoms with Crippen LogP contribution in [0.4, 0.5) is 8.78 Å². The summed E-state index contributed by atoms with van der Waals surface area (Å²) in [5.74, 6) is -0.737. The van der Waals surface area contributed by atoms with E-state index >= 15 is 0 Å². The fourth-order valence-electron chi connectivity index (χ4n) is 7.27. The Kier molecular flexibility index (Phi) is 4.83. The SMILES string of the molecule is O=C(OCC12CC3CC(C1)CC(C1CCC(O)CC1)(C3)C2)C(F)(F)S(=O)(=O)O. The quantitative estimate of drug-likeness (QED) is 0.521. The Morgan fingerprint density at radius 2 is 1.64 bits per heavy atom. The van der Waals surface area contributed by atoms with Gasteiger partial charge in [0, 0.05) is 5.41 Å². The molecule has 0 saturated heterocycles. The maximum absolute atomic E-state index is 13.5. The van der Waals surface area contributed by atoms with Crippen molar-refractivity contribution in [3.05, 3.63) is 0 Å². The molecule has 4 bridgehead atoms. The molecular formula is C19H28F2O6S. The first kappa shape index (κ1) is 20.5. The number of aliphatic hydroxyl groups excluding tert-OH is 1. The first-order valence-electron chi connectivity index (χ1n) is 10.1. The Morgan fingerprint density at radius 1 is 1.07 bits per heavy atom. The van der Waals surface area contributed by atoms with Gasteiger partial charge in [0.15, 0.2) is 0 Å². The third-order valence-electron chi connectivity index (χ3n) is 7.86. The van der Waals surface area contributed by atoms with Crippen LogP contribution in [0.5, 0.6) is 0 Å². The van der Waals surface area contributed by atoms with E-state index in [1.807, 2.05) is 0 Å². The first-order valence-corrected chi connectivity index (χ1v) is 11.6. The predicted molar refractivity (Wildman–Crippen MR) is 95.0 cm³/mol. The van der Waals surface area contributed by atoms with E-state index in [-0.39, 0.29) is 23.5 Å². The van der Waals surface area contributed by atoms with E-state index < -0.39 is 21.3 Å². The standard InChI is InChI=1S/C19H28F2O6S/c20-19(21,28(24,25)26)16(23)27-11-17-6-12-5-13(7-17)9-18(8-12,10-17)14-1-3-15(22)4-2-14/h12-15,22H,1-11H2,(H,24,25,26). The zero-order valence-electron chi connectivity index (χ0n) is 15.8. The van der Waals surface area contributed by atoms with E-state index in [2.05, 4.69) is 0 Å². The minimum atomic E-state index is -5.85. The third kappa shape index (κ3) is 3.37. The molecule has 5 aliphatic rings. The Balaban J connectivity index is 1.50. The molecule has 0 radical (unpaired) electrons. The summed E-state index contributed by atoms with van der Waals surface area (Å²) >= 11 is 0. The van der Waals surface area contributed by atoms with Gasteiger partial charge in [0.2, 0.25) is 0 Å². The normalized spacial score (nSPS) is 43.1. The van der Waals surface area contributed by atoms with Gasteiger partial charge in [-0.2, -0.15) is 17.2 Å². The summed E-state index contributed by atoms with van der Waals surface area (Å²) in [6.07, 6.45) is 9.07. The highest BCUT2D eigenvalue weighted by Crippen LogP contribution is 2.68. The molecule has 0 amide bonds. The second-order valence-corrected chi connectivity index (χ2v) is 11.4. The summed E-state index contributed by atoms with van der Waals surface area (Å²) in [4.78, 5) is 11.7. The van der Waals surface area contributed by atoms with Crippen LogP contribution in [0.3, 0.4) is 0 Å². The number of alkyl halides is 2. The summed E-state index contributed by atoms with van der Waals surface area (Å²) in [5, 5.41) is 4.91. The van der Waals surface area contributed by atoms with Crippen molar-refractivity contribution in [1.29, 1.82) is 0 Å². The van der Waals surface area contributed by atoms with Crippen LogP contribution in [0.2, 0.25) is 0 Å². The van der Waals surface area contributed by atoms with Crippen LogP contribution >= 0.6 is 0 Å². The van der Waals surface area contributed by atoms with Crippen molar-refractivity contribution < 1.29 is 36.4 Å². The van der Waals surface area contributed by atoms with Crippen molar-refractivity contribution in [2.75, 3.05) is 6.61 Å². The number of carbonyl (C=O) groups excluding carboxylic acids is 1. The van der Waals surface area contributed by atoms with Crippen LogP contribution in [0, 0.1) is 28.6 Å². The Morgan fingerprint density at radius 3 is 2.18 bits per heavy atom. The average molecular weight is 422 g/mol. The highest BCUT2D eigenvalue weighted by atomic mass is 32.2. The lowest BCUT2D eigenvalue weighted by molar-refractivity contribution is -0.186. The summed E-state index contributed by atoms with van der Waals surface area (Å²) in [6.45, 7) is -0.221. The third-order valence-corrected chi connectivity index (χ3v) is 8.68. The molecule has 0 aromatic carbocycles. The maximum atomic E-state index is 13.5. The van der Waals surface area contributed by atoms with Crippen molar-refractivity contribution in [3.8, 4) is 0 Å². The molecular weight excluding hydrogens is 394 g/mol. The molecule has 6 nitrogen and oxygen atoms in total. The Labute approximate surface area is 163 Å². The van der Waals surface area contributed by atoms with Gasteiger partial charge in [-0.1, -0.05) is 0 Å². The van der Waals surface area contributed by atoms with Crippen molar-refractivity contribution in [2.45, 2.75) is 75.6 Å². The Hall–Kier alpha value is -0.800. The number of esters is 1. The van der Waals surface area contributed by atoms with E-state index in [4.69, 9.17) is 9.29 Å². The molecule has 0 aromatic rings. The van der Waals surface area contributed by atoms with E-state index in [1.54, 1.807) is 0 Å². The number of aliphatic hydroxyl groups is 1. The molecule has 2 unspecified atom stereocenters. The van der Waals surface area contributed by atoms with Gasteiger partial charge in [-0.3, -0.25) is 4.55 Å². The molecule has 2 atom stereocenters. The molecule has 5 aliphatic carbocycles. The maximum Gasteiger partial charge on any atom is 0.465 e. The highest BCUT2D eigenvalue weighted by molar-refractivity contribution is 7.87. The fraction of sp³-hybridized carbons (Fsp3) is 0.947. The topological polar surface area (TPSA) is 101 Å². The molecule has 9 heteroatoms. The lowest BCUT2D eigenvalue weighted by Gasteiger charge is -2.64. The van der Waals surface area contributed by atoms with Gasteiger partial charge in [0.05, 0.1) is 12.7 Å². The Bertz CT molecular complexity index is 730. The van der Waals surface area contributed by atoms with E-state index in [0.29, 0.717) is 17.8 Å². The van der Waals surface area contributed by atoms with Crippen molar-refractivity contribution >= 4 is 16.1 Å². The minimum Gasteiger partial charge on any atom is -0.460 e. The molecule has 5 rings (SSSR count). The zero-order valence-corrected chi connectivity index (χ0v) is 16.6. The van der Waals surface area contributed by atoms with Crippen LogP contribution in [0.25, 0.3) is 0 Å². The molecule has 0 spiro atoms. The molecule has 5 saturated carbocycles. The van der Waals surface area contributed by atoms with Gasteiger partial charge in [-0.05, 0) is 87.4 Å². The summed E-state index contributed by atoms with van der Waals surface area (Å²) < 4.78 is 62.1. The van der Waals surface area contributed by atoms with Crippen LogP contribution in [0.15, 0.2) is 0 Å². The minimum absolute atomic E-state index is 0.113. The van der Waals surface area contributed by atoms with Crippen molar-refractivity contribution in [3.63, 3.8) is 0 Å². The molecule has 28 heavy (non-hydrogen) atoms. The first-order chi connectivity index (χ1) is 12.9.